The van der Waals surface area contributed by atoms with Gasteiger partial charge in [0.05, 0.1) is 5.75 Å². The third-order valence-corrected chi connectivity index (χ3v) is 3.77. The van der Waals surface area contributed by atoms with Gasteiger partial charge in [0.1, 0.15) is 0 Å². The summed E-state index contributed by atoms with van der Waals surface area (Å²) in [7, 11) is -1.55. The molecule has 0 radical (unpaired) electrons. The van der Waals surface area contributed by atoms with Gasteiger partial charge in [-0.1, -0.05) is 0 Å². The van der Waals surface area contributed by atoms with E-state index in [0.29, 0.717) is 6.42 Å². The molecule has 0 spiro atoms. The number of hydrogen-bond acceptors (Lipinski definition) is 3. The molecule has 0 aromatic rings. The van der Waals surface area contributed by atoms with Crippen LogP contribution in [0.2, 0.25) is 0 Å². The van der Waals surface area contributed by atoms with E-state index in [2.05, 4.69) is 10.0 Å². The first kappa shape index (κ1) is 17.7. The second kappa shape index (κ2) is 8.71. The Kier molecular flexibility index (Phi) is 8.54. The smallest absolute Gasteiger partial charge is 0.320 e. The molecule has 0 atom stereocenters. The predicted octanol–water partition coefficient (Wildman–Crippen LogP) is 1.64. The summed E-state index contributed by atoms with van der Waals surface area (Å²) in [6.45, 7) is 0.825. The molecule has 0 saturated carbocycles. The lowest BCUT2D eigenvalue weighted by Gasteiger charge is -2.08. The van der Waals surface area contributed by atoms with E-state index in [0.717, 1.165) is 13.0 Å². The molecule has 0 rings (SSSR count). The van der Waals surface area contributed by atoms with Gasteiger partial charge in [-0.2, -0.15) is 13.2 Å². The van der Waals surface area contributed by atoms with E-state index < -0.39 is 22.6 Å². The van der Waals surface area contributed by atoms with Gasteiger partial charge in [-0.05, 0) is 39.3 Å². The van der Waals surface area contributed by atoms with E-state index in [-0.39, 0.29) is 25.1 Å². The van der Waals surface area contributed by atoms with E-state index in [1.807, 2.05) is 0 Å². The van der Waals surface area contributed by atoms with Gasteiger partial charge in [-0.25, -0.2) is 13.1 Å². The van der Waals surface area contributed by atoms with Gasteiger partial charge in [0.15, 0.2) is 0 Å². The normalized spacial score (nSPS) is 12.9. The summed E-state index contributed by atoms with van der Waals surface area (Å²) in [5.41, 5.74) is 0. The lowest BCUT2D eigenvalue weighted by Crippen LogP contribution is -2.28. The van der Waals surface area contributed by atoms with Crippen LogP contribution in [-0.2, 0) is 10.0 Å². The molecule has 0 aliphatic rings. The van der Waals surface area contributed by atoms with E-state index in [4.69, 9.17) is 0 Å². The summed E-state index contributed by atoms with van der Waals surface area (Å²) in [4.78, 5) is 0. The molecule has 8 heteroatoms. The van der Waals surface area contributed by atoms with Crippen LogP contribution in [0, 0.1) is 0 Å². The molecule has 0 amide bonds. The molecule has 0 bridgehead atoms. The summed E-state index contributed by atoms with van der Waals surface area (Å²) in [5, 5.41) is 2.91. The number of rotatable bonds is 10. The molecule has 0 unspecified atom stereocenters. The van der Waals surface area contributed by atoms with Gasteiger partial charge < -0.3 is 5.32 Å². The van der Waals surface area contributed by atoms with Crippen LogP contribution < -0.4 is 10.0 Å². The molecule has 0 aromatic carbocycles. The zero-order chi connectivity index (χ0) is 14.1. The molecule has 18 heavy (non-hydrogen) atoms. The average molecular weight is 290 g/mol. The summed E-state index contributed by atoms with van der Waals surface area (Å²) in [6.07, 6.45) is -3.58. The maximum Gasteiger partial charge on any atom is 0.389 e. The molecular weight excluding hydrogens is 269 g/mol. The maximum atomic E-state index is 11.8. The molecule has 0 saturated heterocycles. The van der Waals surface area contributed by atoms with Crippen LogP contribution in [-0.4, -0.2) is 40.5 Å². The van der Waals surface area contributed by atoms with Crippen molar-refractivity contribution in [2.45, 2.75) is 38.3 Å². The van der Waals surface area contributed by atoms with Crippen LogP contribution >= 0.6 is 0 Å². The van der Waals surface area contributed by atoms with Crippen molar-refractivity contribution < 1.29 is 21.6 Å². The van der Waals surface area contributed by atoms with Crippen LogP contribution in [0.25, 0.3) is 0 Å². The van der Waals surface area contributed by atoms with Gasteiger partial charge in [0.2, 0.25) is 10.0 Å². The molecule has 0 aliphatic carbocycles. The quantitative estimate of drug-likeness (QED) is 0.601. The fourth-order valence-corrected chi connectivity index (χ4v) is 2.53. The molecule has 0 heterocycles. The predicted molar refractivity (Wildman–Crippen MR) is 64.9 cm³/mol. The van der Waals surface area contributed by atoms with Crippen LogP contribution in [0.1, 0.15) is 32.1 Å². The molecule has 2 N–H and O–H groups in total. The van der Waals surface area contributed by atoms with E-state index in [9.17, 15) is 21.6 Å². The van der Waals surface area contributed by atoms with E-state index >= 15 is 0 Å². The average Bonchev–Trinajstić information content (AvgIpc) is 2.22. The maximum absolute atomic E-state index is 11.8. The topological polar surface area (TPSA) is 58.2 Å². The summed E-state index contributed by atoms with van der Waals surface area (Å²) >= 11 is 0. The van der Waals surface area contributed by atoms with Crippen molar-refractivity contribution in [2.75, 3.05) is 25.9 Å². The molecule has 0 aliphatic heterocycles. The monoisotopic (exact) mass is 290 g/mol. The van der Waals surface area contributed by atoms with Crippen molar-refractivity contribution in [3.8, 4) is 0 Å². The lowest BCUT2D eigenvalue weighted by molar-refractivity contribution is -0.135. The standard InChI is InChI=1S/C10H21F3N2O2S/c1-14-7-4-5-9-18(16,17)15-8-3-2-6-10(11,12)13/h14-15H,2-9H2,1H3. The van der Waals surface area contributed by atoms with Gasteiger partial charge >= 0.3 is 6.18 Å². The largest absolute Gasteiger partial charge is 0.389 e. The van der Waals surface area contributed by atoms with E-state index in [1.54, 1.807) is 7.05 Å². The zero-order valence-corrected chi connectivity index (χ0v) is 11.3. The summed E-state index contributed by atoms with van der Waals surface area (Å²) < 4.78 is 60.5. The number of sulfonamides is 1. The Balaban J connectivity index is 3.59. The van der Waals surface area contributed by atoms with Crippen molar-refractivity contribution in [2.24, 2.45) is 0 Å². The van der Waals surface area contributed by atoms with Crippen LogP contribution in [0.4, 0.5) is 13.2 Å². The minimum atomic E-state index is -4.16. The first-order chi connectivity index (χ1) is 8.27. The molecule has 0 aromatic heterocycles. The Morgan fingerprint density at radius 1 is 1.00 bits per heavy atom. The molecule has 110 valence electrons. The minimum Gasteiger partial charge on any atom is -0.320 e. The van der Waals surface area contributed by atoms with Crippen molar-refractivity contribution in [1.29, 1.82) is 0 Å². The van der Waals surface area contributed by atoms with Gasteiger partial charge in [-0.3, -0.25) is 0 Å². The molecule has 0 fully saturated rings. The van der Waals surface area contributed by atoms with Crippen molar-refractivity contribution in [1.82, 2.24) is 10.0 Å². The highest BCUT2D eigenvalue weighted by molar-refractivity contribution is 7.89. The summed E-state index contributed by atoms with van der Waals surface area (Å²) in [5.74, 6) is 0.0218. The molecule has 4 nitrogen and oxygen atoms in total. The van der Waals surface area contributed by atoms with Crippen LogP contribution in [0.15, 0.2) is 0 Å². The van der Waals surface area contributed by atoms with Crippen molar-refractivity contribution in [3.63, 3.8) is 0 Å². The van der Waals surface area contributed by atoms with Crippen LogP contribution in [0.3, 0.4) is 0 Å². The SMILES string of the molecule is CNCCCCS(=O)(=O)NCCCCC(F)(F)F. The minimum absolute atomic E-state index is 0.0218. The van der Waals surface area contributed by atoms with Gasteiger partial charge in [-0.15, -0.1) is 0 Å². The second-order valence-corrected chi connectivity index (χ2v) is 6.02. The first-order valence-corrected chi connectivity index (χ1v) is 7.61. The Labute approximate surface area is 106 Å². The third-order valence-electron chi connectivity index (χ3n) is 2.30. The number of nitrogens with one attached hydrogen (secondary N) is 2. The second-order valence-electron chi connectivity index (χ2n) is 4.10. The van der Waals surface area contributed by atoms with Gasteiger partial charge in [0, 0.05) is 13.0 Å². The number of unbranched alkanes of at least 4 members (excludes halogenated alkanes) is 2. The fraction of sp³-hybridized carbons (Fsp3) is 1.00. The summed E-state index contributed by atoms with van der Waals surface area (Å²) in [6, 6.07) is 0. The van der Waals surface area contributed by atoms with Crippen molar-refractivity contribution >= 4 is 10.0 Å². The zero-order valence-electron chi connectivity index (χ0n) is 10.5. The Morgan fingerprint density at radius 3 is 2.17 bits per heavy atom. The Bertz CT molecular complexity index is 305. The van der Waals surface area contributed by atoms with Crippen LogP contribution in [0.5, 0.6) is 0 Å². The Morgan fingerprint density at radius 2 is 1.61 bits per heavy atom. The third kappa shape index (κ3) is 12.1. The van der Waals surface area contributed by atoms with E-state index in [1.165, 1.54) is 0 Å². The first-order valence-electron chi connectivity index (χ1n) is 5.95. The van der Waals surface area contributed by atoms with Gasteiger partial charge in [0.25, 0.3) is 0 Å². The Hall–Kier alpha value is -0.340. The lowest BCUT2D eigenvalue weighted by atomic mass is 10.2. The molecular formula is C10H21F3N2O2S. The number of halogens is 3. The number of alkyl halides is 3. The fourth-order valence-electron chi connectivity index (χ4n) is 1.34. The van der Waals surface area contributed by atoms with Crippen molar-refractivity contribution in [3.05, 3.63) is 0 Å². The highest BCUT2D eigenvalue weighted by Gasteiger charge is 2.25. The number of hydrogen-bond donors (Lipinski definition) is 2. The highest BCUT2D eigenvalue weighted by atomic mass is 32.2. The highest BCUT2D eigenvalue weighted by Crippen LogP contribution is 2.21.